The fourth-order valence-electron chi connectivity index (χ4n) is 3.66. The normalized spacial score (nSPS) is 26.7. The van der Waals surface area contributed by atoms with Crippen LogP contribution in [0.3, 0.4) is 0 Å². The second-order valence-electron chi connectivity index (χ2n) is 7.07. The molecule has 0 unspecified atom stereocenters. The Kier molecular flexibility index (Phi) is 5.27. The first-order valence-corrected chi connectivity index (χ1v) is 8.58. The highest BCUT2D eigenvalue weighted by molar-refractivity contribution is 5.79. The van der Waals surface area contributed by atoms with E-state index < -0.39 is 0 Å². The molecule has 1 aromatic rings. The molecule has 3 heterocycles. The number of amides is 1. The van der Waals surface area contributed by atoms with E-state index in [9.17, 15) is 4.79 Å². The highest BCUT2D eigenvalue weighted by Crippen LogP contribution is 2.26. The van der Waals surface area contributed by atoms with Crippen molar-refractivity contribution in [2.75, 3.05) is 26.3 Å². The molecule has 2 N–H and O–H groups in total. The van der Waals surface area contributed by atoms with Gasteiger partial charge in [0.2, 0.25) is 5.91 Å². The van der Waals surface area contributed by atoms with Gasteiger partial charge in [0, 0.05) is 44.8 Å². The summed E-state index contributed by atoms with van der Waals surface area (Å²) in [6.07, 6.45) is 3.44. The van der Waals surface area contributed by atoms with E-state index in [0.717, 1.165) is 38.2 Å². The summed E-state index contributed by atoms with van der Waals surface area (Å²) in [6.45, 7) is 8.52. The monoisotopic (exact) mass is 321 g/mol. The van der Waals surface area contributed by atoms with E-state index >= 15 is 0 Å². The van der Waals surface area contributed by atoms with Gasteiger partial charge in [-0.05, 0) is 24.7 Å². The summed E-state index contributed by atoms with van der Waals surface area (Å²) in [6, 6.07) is 0.220. The topological polar surface area (TPSA) is 83.1 Å². The largest absolute Gasteiger partial charge is 0.381 e. The van der Waals surface area contributed by atoms with Gasteiger partial charge in [0.1, 0.15) is 0 Å². The van der Waals surface area contributed by atoms with Crippen molar-refractivity contribution in [3.8, 4) is 0 Å². The minimum atomic E-state index is 0.112. The third-order valence-electron chi connectivity index (χ3n) is 5.07. The van der Waals surface area contributed by atoms with Crippen LogP contribution in [0.1, 0.15) is 32.4 Å². The van der Waals surface area contributed by atoms with E-state index in [0.29, 0.717) is 25.0 Å². The summed E-state index contributed by atoms with van der Waals surface area (Å²) in [5.74, 6) is 1.33. The maximum atomic E-state index is 12.5. The van der Waals surface area contributed by atoms with Gasteiger partial charge in [-0.15, -0.1) is 0 Å². The number of rotatable bonds is 5. The number of H-pyrrole nitrogens is 1. The first-order valence-electron chi connectivity index (χ1n) is 8.58. The molecule has 7 heteroatoms. The van der Waals surface area contributed by atoms with Crippen molar-refractivity contribution in [1.82, 2.24) is 25.6 Å². The van der Waals surface area contributed by atoms with Crippen molar-refractivity contribution >= 4 is 5.91 Å². The maximum absolute atomic E-state index is 12.5. The van der Waals surface area contributed by atoms with Crippen LogP contribution in [0.4, 0.5) is 0 Å². The molecule has 0 aromatic carbocycles. The molecular weight excluding hydrogens is 294 g/mol. The molecule has 0 aliphatic carbocycles. The zero-order chi connectivity index (χ0) is 16.2. The van der Waals surface area contributed by atoms with Gasteiger partial charge in [-0.1, -0.05) is 13.8 Å². The smallest absolute Gasteiger partial charge is 0.223 e. The Bertz CT molecular complexity index is 499. The third-order valence-corrected chi connectivity index (χ3v) is 5.07. The Hall–Kier alpha value is -1.47. The standard InChI is InChI=1S/C16H27N5O2/c1-11(2)14-9-21(8-13-7-17-20-19-13)10-15(14)18-16(22)12-3-5-23-6-4-12/h7,11-12,14-15H,3-6,8-10H2,1-2H3,(H,18,22)(H,17,19,20)/t14-,15+/m1/s1. The number of ether oxygens (including phenoxy) is 1. The molecule has 2 atom stereocenters. The lowest BCUT2D eigenvalue weighted by Crippen LogP contribution is -2.45. The van der Waals surface area contributed by atoms with Crippen LogP contribution in [0.5, 0.6) is 0 Å². The zero-order valence-electron chi connectivity index (χ0n) is 14.0. The maximum Gasteiger partial charge on any atom is 0.223 e. The number of aromatic nitrogens is 3. The van der Waals surface area contributed by atoms with Gasteiger partial charge in [-0.3, -0.25) is 9.69 Å². The van der Waals surface area contributed by atoms with Crippen LogP contribution in [0.25, 0.3) is 0 Å². The van der Waals surface area contributed by atoms with E-state index in [-0.39, 0.29) is 17.9 Å². The number of nitrogens with zero attached hydrogens (tertiary/aromatic N) is 3. The van der Waals surface area contributed by atoms with Gasteiger partial charge in [-0.25, -0.2) is 0 Å². The molecule has 3 rings (SSSR count). The number of hydrogen-bond donors (Lipinski definition) is 2. The molecule has 2 saturated heterocycles. The lowest BCUT2D eigenvalue weighted by Gasteiger charge is -2.27. The van der Waals surface area contributed by atoms with Crippen LogP contribution >= 0.6 is 0 Å². The molecule has 2 aliphatic rings. The molecule has 0 spiro atoms. The van der Waals surface area contributed by atoms with Crippen molar-refractivity contribution in [3.05, 3.63) is 11.9 Å². The Balaban J connectivity index is 1.58. The summed E-state index contributed by atoms with van der Waals surface area (Å²) < 4.78 is 5.35. The number of aromatic amines is 1. The van der Waals surface area contributed by atoms with Gasteiger partial charge in [-0.2, -0.15) is 15.4 Å². The van der Waals surface area contributed by atoms with Gasteiger partial charge < -0.3 is 10.1 Å². The van der Waals surface area contributed by atoms with Crippen molar-refractivity contribution in [2.24, 2.45) is 17.8 Å². The molecule has 2 aliphatic heterocycles. The number of carbonyl (C=O) groups excluding carboxylic acids is 1. The van der Waals surface area contributed by atoms with E-state index in [2.05, 4.69) is 39.5 Å². The van der Waals surface area contributed by atoms with Gasteiger partial charge in [0.15, 0.2) is 0 Å². The molecule has 128 valence electrons. The van der Waals surface area contributed by atoms with Crippen LogP contribution in [-0.4, -0.2) is 58.6 Å². The Labute approximate surface area is 137 Å². The minimum absolute atomic E-state index is 0.112. The molecule has 0 bridgehead atoms. The zero-order valence-corrected chi connectivity index (χ0v) is 14.0. The quantitative estimate of drug-likeness (QED) is 0.838. The molecule has 0 radical (unpaired) electrons. The fourth-order valence-corrected chi connectivity index (χ4v) is 3.66. The molecule has 2 fully saturated rings. The summed E-state index contributed by atoms with van der Waals surface area (Å²) >= 11 is 0. The predicted octanol–water partition coefficient (Wildman–Crippen LogP) is 0.804. The van der Waals surface area contributed by atoms with Crippen LogP contribution in [0.15, 0.2) is 6.20 Å². The number of likely N-dealkylation sites (tertiary alicyclic amines) is 1. The number of nitrogens with one attached hydrogen (secondary N) is 2. The summed E-state index contributed by atoms with van der Waals surface area (Å²) in [7, 11) is 0. The highest BCUT2D eigenvalue weighted by atomic mass is 16.5. The van der Waals surface area contributed by atoms with E-state index in [1.165, 1.54) is 0 Å². The average Bonchev–Trinajstić information content (AvgIpc) is 3.18. The van der Waals surface area contributed by atoms with Gasteiger partial charge >= 0.3 is 0 Å². The van der Waals surface area contributed by atoms with Crippen LogP contribution in [-0.2, 0) is 16.1 Å². The Morgan fingerprint density at radius 3 is 2.87 bits per heavy atom. The predicted molar refractivity (Wildman–Crippen MR) is 85.5 cm³/mol. The summed E-state index contributed by atoms with van der Waals surface area (Å²) in [4.78, 5) is 14.9. The highest BCUT2D eigenvalue weighted by Gasteiger charge is 2.36. The van der Waals surface area contributed by atoms with Gasteiger partial charge in [0.25, 0.3) is 0 Å². The van der Waals surface area contributed by atoms with E-state index in [1.807, 2.05) is 0 Å². The Morgan fingerprint density at radius 2 is 2.22 bits per heavy atom. The molecule has 23 heavy (non-hydrogen) atoms. The number of hydrogen-bond acceptors (Lipinski definition) is 5. The lowest BCUT2D eigenvalue weighted by atomic mass is 9.90. The summed E-state index contributed by atoms with van der Waals surface area (Å²) in [5.41, 5.74) is 0.948. The summed E-state index contributed by atoms with van der Waals surface area (Å²) in [5, 5.41) is 14.0. The van der Waals surface area contributed by atoms with Crippen molar-refractivity contribution in [3.63, 3.8) is 0 Å². The average molecular weight is 321 g/mol. The van der Waals surface area contributed by atoms with Crippen LogP contribution < -0.4 is 5.32 Å². The molecule has 1 aromatic heterocycles. The molecule has 0 saturated carbocycles. The molecular formula is C16H27N5O2. The van der Waals surface area contributed by atoms with E-state index in [1.54, 1.807) is 6.20 Å². The molecule has 7 nitrogen and oxygen atoms in total. The van der Waals surface area contributed by atoms with Gasteiger partial charge in [0.05, 0.1) is 11.9 Å². The third kappa shape index (κ3) is 4.09. The van der Waals surface area contributed by atoms with E-state index in [4.69, 9.17) is 4.74 Å². The first-order chi connectivity index (χ1) is 11.1. The second kappa shape index (κ2) is 7.40. The number of carbonyl (C=O) groups is 1. The second-order valence-corrected chi connectivity index (χ2v) is 7.07. The van der Waals surface area contributed by atoms with Crippen molar-refractivity contribution in [2.45, 2.75) is 39.3 Å². The van der Waals surface area contributed by atoms with Crippen molar-refractivity contribution < 1.29 is 9.53 Å². The van der Waals surface area contributed by atoms with Crippen LogP contribution in [0.2, 0.25) is 0 Å². The van der Waals surface area contributed by atoms with Crippen LogP contribution in [0, 0.1) is 17.8 Å². The first kappa shape index (κ1) is 16.4. The SMILES string of the molecule is CC(C)[C@H]1CN(Cc2cn[nH]n2)C[C@@H]1NC(=O)C1CCOCC1. The minimum Gasteiger partial charge on any atom is -0.381 e. The van der Waals surface area contributed by atoms with Crippen molar-refractivity contribution in [1.29, 1.82) is 0 Å². The molecule has 1 amide bonds. The fraction of sp³-hybridized carbons (Fsp3) is 0.812. The Morgan fingerprint density at radius 1 is 1.43 bits per heavy atom. The lowest BCUT2D eigenvalue weighted by molar-refractivity contribution is -0.128.